The Morgan fingerprint density at radius 3 is 2.61 bits per heavy atom. The fraction of sp³-hybridized carbons (Fsp3) is 0.235. The van der Waals surface area contributed by atoms with Crippen LogP contribution in [0.2, 0.25) is 0 Å². The van der Waals surface area contributed by atoms with Crippen molar-refractivity contribution in [2.24, 2.45) is 0 Å². The van der Waals surface area contributed by atoms with Crippen molar-refractivity contribution in [2.45, 2.75) is 18.4 Å². The maximum atomic E-state index is 12.3. The topological polar surface area (TPSA) is 82.0 Å². The van der Waals surface area contributed by atoms with Crippen molar-refractivity contribution in [3.63, 3.8) is 0 Å². The molecule has 3 N–H and O–H groups in total. The number of hydrazine groups is 1. The molecule has 0 aromatic heterocycles. The molecule has 6 heteroatoms. The van der Waals surface area contributed by atoms with Gasteiger partial charge in [-0.15, -0.1) is 0 Å². The number of nitrogens with zero attached hydrogens (tertiary/aromatic N) is 1. The lowest BCUT2D eigenvalue weighted by molar-refractivity contribution is -0.187. The average molecular weight is 314 g/mol. The predicted molar refractivity (Wildman–Crippen MR) is 83.0 cm³/mol. The monoisotopic (exact) mass is 314 g/mol. The number of benzene rings is 2. The van der Waals surface area contributed by atoms with E-state index in [1.165, 1.54) is 12.1 Å². The molecule has 1 amide bonds. The normalized spacial score (nSPS) is 19.9. The first-order valence-electron chi connectivity index (χ1n) is 7.23. The zero-order valence-corrected chi connectivity index (χ0v) is 12.6. The minimum atomic E-state index is -2.51. The molecule has 0 bridgehead atoms. The molecule has 2 aromatic carbocycles. The number of nitrogens with one attached hydrogen (secondary N) is 1. The van der Waals surface area contributed by atoms with Crippen LogP contribution in [0.1, 0.15) is 17.2 Å². The van der Waals surface area contributed by atoms with Crippen LogP contribution in [0.5, 0.6) is 5.75 Å². The molecule has 6 nitrogen and oxygen atoms in total. The van der Waals surface area contributed by atoms with Gasteiger partial charge in [-0.25, -0.2) is 5.43 Å². The molecule has 1 aliphatic heterocycles. The largest absolute Gasteiger partial charge is 0.497 e. The van der Waals surface area contributed by atoms with E-state index in [0.717, 1.165) is 5.56 Å². The van der Waals surface area contributed by atoms with Gasteiger partial charge in [0.15, 0.2) is 0 Å². The van der Waals surface area contributed by atoms with E-state index in [9.17, 15) is 15.0 Å². The lowest BCUT2D eigenvalue weighted by atomic mass is 10.00. The van der Waals surface area contributed by atoms with E-state index >= 15 is 0 Å². The highest BCUT2D eigenvalue weighted by Crippen LogP contribution is 2.33. The summed E-state index contributed by atoms with van der Waals surface area (Å²) in [5.74, 6) is -2.72. The summed E-state index contributed by atoms with van der Waals surface area (Å²) >= 11 is 0. The van der Waals surface area contributed by atoms with Crippen LogP contribution in [0.4, 0.5) is 0 Å². The fourth-order valence-electron chi connectivity index (χ4n) is 2.64. The highest BCUT2D eigenvalue weighted by Gasteiger charge is 2.52. The van der Waals surface area contributed by atoms with Crippen LogP contribution < -0.4 is 10.2 Å². The van der Waals surface area contributed by atoms with Crippen molar-refractivity contribution in [3.05, 3.63) is 65.7 Å². The van der Waals surface area contributed by atoms with Gasteiger partial charge in [-0.1, -0.05) is 42.5 Å². The number of hydrogen-bond donors (Lipinski definition) is 3. The van der Waals surface area contributed by atoms with Crippen LogP contribution in [-0.4, -0.2) is 34.0 Å². The Bertz CT molecular complexity index is 703. The quantitative estimate of drug-likeness (QED) is 0.733. The summed E-state index contributed by atoms with van der Waals surface area (Å²) in [5.41, 5.74) is 4.31. The second kappa shape index (κ2) is 6.00. The molecule has 0 radical (unpaired) electrons. The van der Waals surface area contributed by atoms with E-state index in [1.807, 2.05) is 30.3 Å². The van der Waals surface area contributed by atoms with Crippen molar-refractivity contribution < 1.29 is 19.7 Å². The van der Waals surface area contributed by atoms with Crippen LogP contribution in [0.15, 0.2) is 54.6 Å². The van der Waals surface area contributed by atoms with Gasteiger partial charge in [0.05, 0.1) is 13.7 Å². The van der Waals surface area contributed by atoms with Gasteiger partial charge in [-0.3, -0.25) is 9.80 Å². The van der Waals surface area contributed by atoms with E-state index in [4.69, 9.17) is 4.74 Å². The fourth-order valence-corrected chi connectivity index (χ4v) is 2.64. The third-order valence-electron chi connectivity index (χ3n) is 3.86. The zero-order valence-electron chi connectivity index (χ0n) is 12.6. The van der Waals surface area contributed by atoms with Gasteiger partial charge in [-0.2, -0.15) is 0 Å². The summed E-state index contributed by atoms with van der Waals surface area (Å²) in [6.45, 7) is 0.239. The molecule has 1 saturated heterocycles. The zero-order chi connectivity index (χ0) is 16.4. The number of rotatable bonds is 4. The summed E-state index contributed by atoms with van der Waals surface area (Å²) in [5, 5.41) is 21.7. The van der Waals surface area contributed by atoms with Crippen LogP contribution >= 0.6 is 0 Å². The molecule has 2 aromatic rings. The second-order valence-corrected chi connectivity index (χ2v) is 5.44. The van der Waals surface area contributed by atoms with E-state index in [-0.39, 0.29) is 6.54 Å². The predicted octanol–water partition coefficient (Wildman–Crippen LogP) is 0.964. The average Bonchev–Trinajstić information content (AvgIpc) is 2.79. The number of hydrogen-bond acceptors (Lipinski definition) is 5. The van der Waals surface area contributed by atoms with Gasteiger partial charge >= 0.3 is 0 Å². The number of ether oxygens (including phenoxy) is 1. The van der Waals surface area contributed by atoms with E-state index < -0.39 is 17.7 Å². The van der Waals surface area contributed by atoms with Gasteiger partial charge in [0.25, 0.3) is 11.7 Å². The van der Waals surface area contributed by atoms with Gasteiger partial charge in [0.2, 0.25) is 0 Å². The Kier molecular flexibility index (Phi) is 4.04. The molecular formula is C17H18N2O4. The lowest BCUT2D eigenvalue weighted by Gasteiger charge is -2.20. The maximum Gasteiger partial charge on any atom is 0.299 e. The second-order valence-electron chi connectivity index (χ2n) is 5.44. The van der Waals surface area contributed by atoms with E-state index in [2.05, 4.69) is 5.43 Å². The van der Waals surface area contributed by atoms with E-state index in [0.29, 0.717) is 11.3 Å². The van der Waals surface area contributed by atoms with Gasteiger partial charge in [-0.05, 0) is 23.3 Å². The summed E-state index contributed by atoms with van der Waals surface area (Å²) < 4.78 is 5.14. The van der Waals surface area contributed by atoms with Gasteiger partial charge in [0.1, 0.15) is 11.8 Å². The Labute approximate surface area is 133 Å². The first-order chi connectivity index (χ1) is 11.0. The molecule has 0 saturated carbocycles. The highest BCUT2D eigenvalue weighted by atomic mass is 16.5. The maximum absolute atomic E-state index is 12.3. The molecule has 120 valence electrons. The standard InChI is InChI=1S/C17H18N2O4/c1-23-14-9-5-8-13(10-14)15-17(21,22)16(20)19(18-15)11-12-6-3-2-4-7-12/h2-10,15,18,21-22H,11H2,1H3. The molecule has 1 fully saturated rings. The number of methoxy groups -OCH3 is 1. The highest BCUT2D eigenvalue weighted by molar-refractivity contribution is 5.86. The molecule has 3 rings (SSSR count). The molecule has 1 atom stereocenters. The minimum absolute atomic E-state index is 0.239. The summed E-state index contributed by atoms with van der Waals surface area (Å²) in [7, 11) is 1.53. The van der Waals surface area contributed by atoms with Crippen LogP contribution in [0, 0.1) is 0 Å². The van der Waals surface area contributed by atoms with Crippen LogP contribution in [0.25, 0.3) is 0 Å². The summed E-state index contributed by atoms with van der Waals surface area (Å²) in [6, 6.07) is 15.2. The van der Waals surface area contributed by atoms with Gasteiger partial charge < -0.3 is 14.9 Å². The van der Waals surface area contributed by atoms with Crippen molar-refractivity contribution in [1.29, 1.82) is 0 Å². The first kappa shape index (κ1) is 15.5. The molecule has 23 heavy (non-hydrogen) atoms. The molecule has 0 aliphatic carbocycles. The van der Waals surface area contributed by atoms with Crippen molar-refractivity contribution in [3.8, 4) is 5.75 Å². The van der Waals surface area contributed by atoms with Crippen molar-refractivity contribution in [2.75, 3.05) is 7.11 Å². The Morgan fingerprint density at radius 1 is 1.17 bits per heavy atom. The smallest absolute Gasteiger partial charge is 0.299 e. The molecule has 1 heterocycles. The Morgan fingerprint density at radius 2 is 1.91 bits per heavy atom. The Hall–Kier alpha value is -2.41. The third kappa shape index (κ3) is 2.92. The molecule has 1 aliphatic rings. The number of amides is 1. The van der Waals surface area contributed by atoms with Crippen molar-refractivity contribution in [1.82, 2.24) is 10.4 Å². The number of carbonyl (C=O) groups excluding carboxylic acids is 1. The summed E-state index contributed by atoms with van der Waals surface area (Å²) in [6.07, 6.45) is 0. The van der Waals surface area contributed by atoms with Gasteiger partial charge in [0, 0.05) is 0 Å². The number of carbonyl (C=O) groups is 1. The number of aliphatic hydroxyl groups is 2. The first-order valence-corrected chi connectivity index (χ1v) is 7.23. The van der Waals surface area contributed by atoms with Crippen LogP contribution in [0.3, 0.4) is 0 Å². The molecular weight excluding hydrogens is 296 g/mol. The molecule has 1 unspecified atom stereocenters. The van der Waals surface area contributed by atoms with Crippen LogP contribution in [-0.2, 0) is 11.3 Å². The lowest BCUT2D eigenvalue weighted by Crippen LogP contribution is -2.42. The summed E-state index contributed by atoms with van der Waals surface area (Å²) in [4.78, 5) is 12.3. The van der Waals surface area contributed by atoms with E-state index in [1.54, 1.807) is 24.3 Å². The van der Waals surface area contributed by atoms with Crippen molar-refractivity contribution >= 4 is 5.91 Å². The minimum Gasteiger partial charge on any atom is -0.497 e. The third-order valence-corrected chi connectivity index (χ3v) is 3.86. The SMILES string of the molecule is COc1cccc(C2NN(Cc3ccccc3)C(=O)C2(O)O)c1. The molecule has 0 spiro atoms. The Balaban J connectivity index is 1.86.